The van der Waals surface area contributed by atoms with Gasteiger partial charge in [0.05, 0.1) is 79.6 Å². The minimum Gasteiger partial charge on any atom is -0.456 e. The monoisotopic (exact) mass is 1920 g/mol. The SMILES string of the molecule is CC(=O)OC1[C@@H](OC(C)=O)[C@H](OC(C)=O)C(CO[C@@H]2OC(CO[C@@H]3OC(CO[C@@H]4OC(CO[Si](c5ccccc5)(c5ccccc5)C(C)(C)C)[C@@H](OC(=O)c5ccccc5)[C@H](OC(=O)c5ccccc5)C4OC(=O)c4ccccc4)[C@@H](OC(=O)c4ccccc4)[C@H](OC(=O)c4ccccc4)C3OC(=O)c3ccccc3)[C@@H](OCc3ccccc3)[C@H](OCc3ccccc3)C2OCc2ccccc2)O[C@@H]1O. The molecule has 4 saturated heterocycles. The maximum atomic E-state index is 15.5. The smallest absolute Gasteiger partial charge is 0.338 e. The summed E-state index contributed by atoms with van der Waals surface area (Å²) in [5.74, 6) is -8.80. The van der Waals surface area contributed by atoms with Crippen molar-refractivity contribution < 1.29 is 143 Å². The highest BCUT2D eigenvalue weighted by atomic mass is 28.4. The summed E-state index contributed by atoms with van der Waals surface area (Å²) in [6, 6.07) is 93.6. The molecular weight excluding hydrogens is 1820 g/mol. The van der Waals surface area contributed by atoms with Crippen molar-refractivity contribution in [1.29, 1.82) is 0 Å². The lowest BCUT2D eigenvalue weighted by Gasteiger charge is -2.48. The molecule has 11 aromatic rings. The zero-order chi connectivity index (χ0) is 98.1. The molecule has 8 unspecified atom stereocenters. The van der Waals surface area contributed by atoms with Gasteiger partial charge in [-0.15, -0.1) is 0 Å². The summed E-state index contributed by atoms with van der Waals surface area (Å²) in [6.07, 6.45) is -35.4. The fourth-order valence-corrected chi connectivity index (χ4v) is 21.8. The molecule has 20 atom stereocenters. The molecule has 0 aromatic heterocycles. The summed E-state index contributed by atoms with van der Waals surface area (Å²) in [4.78, 5) is 131. The van der Waals surface area contributed by atoms with Crippen molar-refractivity contribution in [3.05, 3.63) is 384 Å². The van der Waals surface area contributed by atoms with Gasteiger partial charge < -0.3 is 99.5 Å². The average Bonchev–Trinajstić information content (AvgIpc) is 0.739. The van der Waals surface area contributed by atoms with Crippen molar-refractivity contribution in [1.82, 2.24) is 0 Å². The van der Waals surface area contributed by atoms with E-state index in [-0.39, 0.29) is 53.2 Å². The molecule has 1 N–H and O–H groups in total. The number of carbonyl (C=O) groups excluding carboxylic acids is 9. The number of aliphatic hydroxyl groups excluding tert-OH is 1. The summed E-state index contributed by atoms with van der Waals surface area (Å²) in [7, 11) is -3.71. The van der Waals surface area contributed by atoms with E-state index in [0.29, 0.717) is 16.7 Å². The lowest BCUT2D eigenvalue weighted by atomic mass is 9.96. The Bertz CT molecular complexity index is 5810. The predicted octanol–water partition coefficient (Wildman–Crippen LogP) is 13.4. The Kier molecular flexibility index (Phi) is 34.8. The molecule has 0 aliphatic carbocycles. The van der Waals surface area contributed by atoms with Gasteiger partial charge in [0.15, 0.2) is 80.1 Å². The lowest BCUT2D eigenvalue weighted by molar-refractivity contribution is -0.355. The number of hydrogen-bond acceptors (Lipinski definition) is 30. The number of carbonyl (C=O) groups is 9. The van der Waals surface area contributed by atoms with Crippen LogP contribution in [0.15, 0.2) is 334 Å². The van der Waals surface area contributed by atoms with Crippen LogP contribution in [0.3, 0.4) is 0 Å². The third-order valence-corrected chi connectivity index (χ3v) is 28.8. The molecule has 4 fully saturated rings. The molecule has 11 aromatic carbocycles. The highest BCUT2D eigenvalue weighted by molar-refractivity contribution is 6.99. The third-order valence-electron chi connectivity index (χ3n) is 23.8. The van der Waals surface area contributed by atoms with E-state index in [4.69, 9.17) is 94.4 Å². The second kappa shape index (κ2) is 48.3. The minimum atomic E-state index is -3.71. The first-order valence-corrected chi connectivity index (χ1v) is 47.8. The number of rotatable bonds is 38. The largest absolute Gasteiger partial charge is 0.456 e. The highest BCUT2D eigenvalue weighted by Crippen LogP contribution is 2.42. The van der Waals surface area contributed by atoms with Gasteiger partial charge in [-0.25, -0.2) is 28.8 Å². The Hall–Kier alpha value is -13.6. The molecule has 31 heteroatoms. The first-order valence-electron chi connectivity index (χ1n) is 45.9. The van der Waals surface area contributed by atoms with Gasteiger partial charge in [0.2, 0.25) is 0 Å². The van der Waals surface area contributed by atoms with E-state index in [2.05, 4.69) is 0 Å². The summed E-state index contributed by atoms with van der Waals surface area (Å²) in [5.41, 5.74) is 1.97. The molecule has 4 aliphatic rings. The molecule has 0 saturated carbocycles. The van der Waals surface area contributed by atoms with Crippen molar-refractivity contribution in [3.63, 3.8) is 0 Å². The molecule has 0 spiro atoms. The normalized spacial score (nSPS) is 24.5. The Morgan fingerprint density at radius 2 is 0.479 bits per heavy atom. The van der Waals surface area contributed by atoms with Gasteiger partial charge in [0.1, 0.15) is 42.7 Å². The molecule has 30 nitrogen and oxygen atoms in total. The molecule has 0 radical (unpaired) electrons. The fourth-order valence-electron chi connectivity index (χ4n) is 17.3. The maximum absolute atomic E-state index is 15.5. The number of ether oxygens (including phenoxy) is 19. The number of esters is 9. The zero-order valence-electron chi connectivity index (χ0n) is 77.5. The van der Waals surface area contributed by atoms with E-state index in [1.807, 2.05) is 172 Å². The van der Waals surface area contributed by atoms with Gasteiger partial charge in [-0.05, 0) is 105 Å². The molecule has 140 heavy (non-hydrogen) atoms. The van der Waals surface area contributed by atoms with Crippen LogP contribution in [0.1, 0.15) is 120 Å². The highest BCUT2D eigenvalue weighted by Gasteiger charge is 2.60. The van der Waals surface area contributed by atoms with Gasteiger partial charge in [0.25, 0.3) is 8.32 Å². The van der Waals surface area contributed by atoms with Crippen molar-refractivity contribution in [3.8, 4) is 0 Å². The summed E-state index contributed by atoms with van der Waals surface area (Å²) < 4.78 is 136. The first-order chi connectivity index (χ1) is 67.9. The molecule has 4 aliphatic heterocycles. The molecule has 0 bridgehead atoms. The van der Waals surface area contributed by atoms with E-state index in [0.717, 1.165) is 31.1 Å². The molecule has 0 amide bonds. The molecular formula is C109H108O30Si. The van der Waals surface area contributed by atoms with Crippen LogP contribution in [-0.2, 0) is 129 Å². The lowest BCUT2D eigenvalue weighted by Crippen LogP contribution is -2.69. The van der Waals surface area contributed by atoms with E-state index >= 15 is 28.8 Å². The molecule has 728 valence electrons. The van der Waals surface area contributed by atoms with Gasteiger partial charge in [-0.2, -0.15) is 0 Å². The van der Waals surface area contributed by atoms with Crippen molar-refractivity contribution in [2.45, 2.75) is 189 Å². The fraction of sp³-hybridized carbons (Fsp3) is 0.312. The van der Waals surface area contributed by atoms with Crippen LogP contribution in [0, 0.1) is 0 Å². The van der Waals surface area contributed by atoms with Crippen LogP contribution < -0.4 is 10.4 Å². The van der Waals surface area contributed by atoms with Crippen LogP contribution in [0.4, 0.5) is 0 Å². The van der Waals surface area contributed by atoms with Gasteiger partial charge in [0, 0.05) is 20.8 Å². The Labute approximate surface area is 810 Å². The minimum absolute atomic E-state index is 0.00933. The van der Waals surface area contributed by atoms with E-state index < -0.39 is 216 Å². The maximum Gasteiger partial charge on any atom is 0.338 e. The Balaban J connectivity index is 0.889. The van der Waals surface area contributed by atoms with Gasteiger partial charge >= 0.3 is 53.7 Å². The van der Waals surface area contributed by atoms with E-state index in [9.17, 15) is 19.5 Å². The topological polar surface area (TPSA) is 358 Å². The average molecular weight is 1930 g/mol. The van der Waals surface area contributed by atoms with Crippen LogP contribution in [0.5, 0.6) is 0 Å². The standard InChI is InChI=1S/C109H108O30Si/c1-69(110)127-88-84(130-105(119)95(129-71(3)112)92(88)128-70(2)111)66-123-106-96(122-64-74-44-22-9-23-45-74)91(121-63-73-42-20-8-21-43-73)87(120-62-72-40-18-7-19-41-72)83(131-106)65-124-107-97(138-103(117)79-54-32-14-33-55-79)93(136-101(115)77-50-28-12-29-51-77)89(134-99(113)75-46-24-10-25-47-75)85(132-107)67-125-108-98(139-104(118)80-56-34-15-35-57-80)94(137-102(116)78-52-30-13-31-53-78)90(135-100(114)76-48-26-11-27-49-76)86(133-108)68-126-140(109(4,5)6,81-58-36-16-37-59-81)82-60-38-17-39-61-82/h7-61,83-98,105-108,119H,62-68H2,1-6H3/t83?,84?,85?,86?,87-,88-,89-,90-,91+,92+,93+,94+,95?,96?,97?,98?,105+,106-,107-,108-/m1/s1. The van der Waals surface area contributed by atoms with Crippen LogP contribution in [0.2, 0.25) is 5.04 Å². The van der Waals surface area contributed by atoms with Crippen molar-refractivity contribution >= 4 is 72.4 Å². The second-order valence-electron chi connectivity index (χ2n) is 34.6. The van der Waals surface area contributed by atoms with Gasteiger partial charge in [-0.3, -0.25) is 14.4 Å². The number of benzene rings is 11. The number of hydrogen-bond donors (Lipinski definition) is 1. The first kappa shape index (κ1) is 101. The third kappa shape index (κ3) is 25.7. The van der Waals surface area contributed by atoms with Crippen LogP contribution in [-0.4, -0.2) is 216 Å². The molecule has 4 heterocycles. The summed E-state index contributed by atoms with van der Waals surface area (Å²) in [6.45, 7) is 6.08. The van der Waals surface area contributed by atoms with Crippen molar-refractivity contribution in [2.75, 3.05) is 26.4 Å². The Morgan fingerprint density at radius 1 is 0.250 bits per heavy atom. The zero-order valence-corrected chi connectivity index (χ0v) is 78.5. The van der Waals surface area contributed by atoms with E-state index in [1.54, 1.807) is 109 Å². The van der Waals surface area contributed by atoms with Crippen LogP contribution >= 0.6 is 0 Å². The van der Waals surface area contributed by atoms with E-state index in [1.165, 1.54) is 72.8 Å². The van der Waals surface area contributed by atoms with Gasteiger partial charge in [-0.1, -0.05) is 282 Å². The Morgan fingerprint density at radius 3 is 0.793 bits per heavy atom. The summed E-state index contributed by atoms with van der Waals surface area (Å²) >= 11 is 0. The molecule has 15 rings (SSSR count). The predicted molar refractivity (Wildman–Crippen MR) is 504 cm³/mol. The number of aliphatic hydroxyl groups is 1. The second-order valence-corrected chi connectivity index (χ2v) is 38.9. The summed E-state index contributed by atoms with van der Waals surface area (Å²) in [5, 5.41) is 12.7. The van der Waals surface area contributed by atoms with Crippen molar-refractivity contribution in [2.24, 2.45) is 0 Å². The quantitative estimate of drug-likeness (QED) is 0.0213. The van der Waals surface area contributed by atoms with Crippen LogP contribution in [0.25, 0.3) is 0 Å².